The standard InChI is InChI=1S/C15H15N5OS/c1-2-9-3-7-11(8-4-9)16-13(21)14-19-20-12(10-5-6-10)17-18-15(20)22-14/h3-4,7-8,10H,2,5-6H2,1H3,(H,16,21). The summed E-state index contributed by atoms with van der Waals surface area (Å²) in [5, 5.41) is 15.9. The van der Waals surface area contributed by atoms with Crippen LogP contribution in [0, 0.1) is 0 Å². The molecule has 6 nitrogen and oxygen atoms in total. The highest BCUT2D eigenvalue weighted by molar-refractivity contribution is 7.18. The lowest BCUT2D eigenvalue weighted by Crippen LogP contribution is -2.12. The number of hydrogen-bond acceptors (Lipinski definition) is 5. The summed E-state index contributed by atoms with van der Waals surface area (Å²) in [5.41, 5.74) is 2.02. The lowest BCUT2D eigenvalue weighted by molar-refractivity contribution is 0.102. The molecule has 1 aliphatic carbocycles. The molecule has 7 heteroatoms. The van der Waals surface area contributed by atoms with Crippen molar-refractivity contribution in [1.82, 2.24) is 19.8 Å². The van der Waals surface area contributed by atoms with Gasteiger partial charge in [-0.05, 0) is 37.0 Å². The van der Waals surface area contributed by atoms with Gasteiger partial charge in [-0.2, -0.15) is 4.52 Å². The molecule has 3 aromatic rings. The maximum Gasteiger partial charge on any atom is 0.286 e. The number of rotatable bonds is 4. The number of nitrogens with zero attached hydrogens (tertiary/aromatic N) is 4. The van der Waals surface area contributed by atoms with E-state index in [4.69, 9.17) is 0 Å². The average molecular weight is 313 g/mol. The minimum Gasteiger partial charge on any atom is -0.320 e. The Labute approximate surface area is 131 Å². The van der Waals surface area contributed by atoms with E-state index in [-0.39, 0.29) is 5.91 Å². The number of carbonyl (C=O) groups excluding carboxylic acids is 1. The lowest BCUT2D eigenvalue weighted by Gasteiger charge is -2.03. The van der Waals surface area contributed by atoms with Crippen molar-refractivity contribution in [1.29, 1.82) is 0 Å². The van der Waals surface area contributed by atoms with E-state index in [0.29, 0.717) is 15.9 Å². The first-order chi connectivity index (χ1) is 10.7. The predicted molar refractivity (Wildman–Crippen MR) is 84.4 cm³/mol. The third-order valence-electron chi connectivity index (χ3n) is 3.77. The molecule has 2 aromatic heterocycles. The van der Waals surface area contributed by atoms with Gasteiger partial charge in [0.2, 0.25) is 9.97 Å². The molecule has 0 bridgehead atoms. The number of nitrogens with one attached hydrogen (secondary N) is 1. The Kier molecular flexibility index (Phi) is 3.15. The highest BCUT2D eigenvalue weighted by Gasteiger charge is 2.30. The van der Waals surface area contributed by atoms with Gasteiger partial charge in [0.1, 0.15) is 0 Å². The van der Waals surface area contributed by atoms with Crippen LogP contribution in [0.15, 0.2) is 24.3 Å². The van der Waals surface area contributed by atoms with E-state index in [1.807, 2.05) is 24.3 Å². The molecule has 0 radical (unpaired) electrons. The maximum absolute atomic E-state index is 12.3. The van der Waals surface area contributed by atoms with Gasteiger partial charge in [0, 0.05) is 11.6 Å². The molecule has 1 saturated carbocycles. The number of carbonyl (C=O) groups is 1. The smallest absolute Gasteiger partial charge is 0.286 e. The predicted octanol–water partition coefficient (Wildman–Crippen LogP) is 2.88. The molecule has 1 aromatic carbocycles. The van der Waals surface area contributed by atoms with E-state index < -0.39 is 0 Å². The molecule has 22 heavy (non-hydrogen) atoms. The third kappa shape index (κ3) is 2.37. The molecule has 0 aliphatic heterocycles. The van der Waals surface area contributed by atoms with Crippen LogP contribution in [0.1, 0.15) is 46.9 Å². The zero-order chi connectivity index (χ0) is 15.1. The fraction of sp³-hybridized carbons (Fsp3) is 0.333. The van der Waals surface area contributed by atoms with Crippen LogP contribution in [0.3, 0.4) is 0 Å². The van der Waals surface area contributed by atoms with Crippen molar-refractivity contribution in [2.75, 3.05) is 5.32 Å². The van der Waals surface area contributed by atoms with E-state index in [0.717, 1.165) is 30.8 Å². The molecule has 0 unspecified atom stereocenters. The fourth-order valence-corrected chi connectivity index (χ4v) is 3.07. The van der Waals surface area contributed by atoms with E-state index in [1.54, 1.807) is 4.52 Å². The first kappa shape index (κ1) is 13.4. The number of fused-ring (bicyclic) bond motifs is 1. The van der Waals surface area contributed by atoms with Crippen LogP contribution in [0.2, 0.25) is 0 Å². The zero-order valence-corrected chi connectivity index (χ0v) is 12.9. The molecule has 0 saturated heterocycles. The summed E-state index contributed by atoms with van der Waals surface area (Å²) in [4.78, 5) is 13.0. The summed E-state index contributed by atoms with van der Waals surface area (Å²) in [6.07, 6.45) is 3.24. The van der Waals surface area contributed by atoms with E-state index >= 15 is 0 Å². The number of hydrogen-bond donors (Lipinski definition) is 1. The Morgan fingerprint density at radius 1 is 1.32 bits per heavy atom. The van der Waals surface area contributed by atoms with Crippen molar-refractivity contribution in [3.63, 3.8) is 0 Å². The van der Waals surface area contributed by atoms with Crippen molar-refractivity contribution >= 4 is 27.9 Å². The number of aryl methyl sites for hydroxylation is 1. The molecule has 0 atom stereocenters. The van der Waals surface area contributed by atoms with Gasteiger partial charge in [-0.25, -0.2) is 0 Å². The molecule has 0 spiro atoms. The Morgan fingerprint density at radius 2 is 2.09 bits per heavy atom. The van der Waals surface area contributed by atoms with Gasteiger partial charge in [-0.3, -0.25) is 4.79 Å². The average Bonchev–Trinajstić information content (AvgIpc) is 3.16. The molecule has 2 heterocycles. The van der Waals surface area contributed by atoms with Crippen LogP contribution in [0.25, 0.3) is 4.96 Å². The van der Waals surface area contributed by atoms with Gasteiger partial charge in [0.25, 0.3) is 5.91 Å². The highest BCUT2D eigenvalue weighted by atomic mass is 32.1. The molecule has 4 rings (SSSR count). The topological polar surface area (TPSA) is 72.2 Å². The summed E-state index contributed by atoms with van der Waals surface area (Å²) >= 11 is 1.26. The Hall–Kier alpha value is -2.28. The van der Waals surface area contributed by atoms with E-state index in [1.165, 1.54) is 16.9 Å². The SMILES string of the molecule is CCc1ccc(NC(=O)c2nn3c(C4CC4)nnc3s2)cc1. The van der Waals surface area contributed by atoms with Crippen molar-refractivity contribution in [3.8, 4) is 0 Å². The molecule has 1 amide bonds. The second kappa shape index (κ2) is 5.17. The normalized spacial score (nSPS) is 14.4. The molecular formula is C15H15N5OS. The molecule has 112 valence electrons. The second-order valence-corrected chi connectivity index (χ2v) is 6.39. The summed E-state index contributed by atoms with van der Waals surface area (Å²) < 4.78 is 1.71. The second-order valence-electron chi connectivity index (χ2n) is 5.44. The Bertz CT molecular complexity index is 831. The van der Waals surface area contributed by atoms with Gasteiger partial charge < -0.3 is 5.32 Å². The molecule has 1 fully saturated rings. The van der Waals surface area contributed by atoms with Gasteiger partial charge >= 0.3 is 0 Å². The first-order valence-corrected chi connectivity index (χ1v) is 8.18. The summed E-state index contributed by atoms with van der Waals surface area (Å²) in [7, 11) is 0. The van der Waals surface area contributed by atoms with Crippen LogP contribution in [-0.4, -0.2) is 25.7 Å². The molecule has 1 aliphatic rings. The third-order valence-corrected chi connectivity index (χ3v) is 4.67. The molecular weight excluding hydrogens is 298 g/mol. The monoisotopic (exact) mass is 313 g/mol. The number of amides is 1. The lowest BCUT2D eigenvalue weighted by atomic mass is 10.1. The number of aromatic nitrogens is 4. The van der Waals surface area contributed by atoms with Gasteiger partial charge in [0.05, 0.1) is 0 Å². The van der Waals surface area contributed by atoms with Crippen molar-refractivity contribution in [2.45, 2.75) is 32.1 Å². The summed E-state index contributed by atoms with van der Waals surface area (Å²) in [6.45, 7) is 2.10. The molecule has 1 N–H and O–H groups in total. The zero-order valence-electron chi connectivity index (χ0n) is 12.1. The van der Waals surface area contributed by atoms with E-state index in [2.05, 4.69) is 27.5 Å². The van der Waals surface area contributed by atoms with Crippen LogP contribution in [-0.2, 0) is 6.42 Å². The first-order valence-electron chi connectivity index (χ1n) is 7.37. The Balaban J connectivity index is 1.56. The van der Waals surface area contributed by atoms with Crippen molar-refractivity contribution in [3.05, 3.63) is 40.7 Å². The van der Waals surface area contributed by atoms with Gasteiger partial charge in [0.15, 0.2) is 5.82 Å². The summed E-state index contributed by atoms with van der Waals surface area (Å²) in [6, 6.07) is 7.85. The van der Waals surface area contributed by atoms with Gasteiger partial charge in [-0.1, -0.05) is 30.4 Å². The highest BCUT2D eigenvalue weighted by Crippen LogP contribution is 2.39. The van der Waals surface area contributed by atoms with Crippen LogP contribution < -0.4 is 5.32 Å². The van der Waals surface area contributed by atoms with Gasteiger partial charge in [-0.15, -0.1) is 15.3 Å². The maximum atomic E-state index is 12.3. The largest absolute Gasteiger partial charge is 0.320 e. The van der Waals surface area contributed by atoms with E-state index in [9.17, 15) is 4.79 Å². The fourth-order valence-electron chi connectivity index (χ4n) is 2.33. The van der Waals surface area contributed by atoms with Crippen LogP contribution in [0.5, 0.6) is 0 Å². The van der Waals surface area contributed by atoms with Crippen LogP contribution >= 0.6 is 11.3 Å². The van der Waals surface area contributed by atoms with Crippen LogP contribution in [0.4, 0.5) is 5.69 Å². The van der Waals surface area contributed by atoms with Crippen molar-refractivity contribution < 1.29 is 4.79 Å². The minimum atomic E-state index is -0.207. The number of anilines is 1. The quantitative estimate of drug-likeness (QED) is 0.804. The number of benzene rings is 1. The van der Waals surface area contributed by atoms with Crippen molar-refractivity contribution in [2.24, 2.45) is 0 Å². The summed E-state index contributed by atoms with van der Waals surface area (Å²) in [5.74, 6) is 1.12. The Morgan fingerprint density at radius 3 is 2.77 bits per heavy atom. The minimum absolute atomic E-state index is 0.207.